The van der Waals surface area contributed by atoms with Crippen LogP contribution in [0.4, 0.5) is 5.69 Å². The minimum Gasteiger partial charge on any atom is -0.366 e. The maximum absolute atomic E-state index is 11.6. The summed E-state index contributed by atoms with van der Waals surface area (Å²) in [6.45, 7) is 1.000. The maximum Gasteiger partial charge on any atom is 0.269 e. The zero-order chi connectivity index (χ0) is 21.0. The van der Waals surface area contributed by atoms with Crippen molar-refractivity contribution in [1.29, 1.82) is 0 Å². The van der Waals surface area contributed by atoms with Crippen molar-refractivity contribution >= 4 is 22.6 Å². The Kier molecular flexibility index (Phi) is 5.83. The second kappa shape index (κ2) is 8.69. The molecule has 3 aromatic carbocycles. The molecule has 1 saturated heterocycles. The zero-order valence-corrected chi connectivity index (χ0v) is 17.0. The Morgan fingerprint density at radius 3 is 2.17 bits per heavy atom. The van der Waals surface area contributed by atoms with Gasteiger partial charge in [-0.25, -0.2) is 0 Å². The van der Waals surface area contributed by atoms with Gasteiger partial charge in [0.25, 0.3) is 5.69 Å². The molecule has 7 heteroatoms. The van der Waals surface area contributed by atoms with Crippen LogP contribution in [0.15, 0.2) is 89.9 Å². The second-order valence-electron chi connectivity index (χ2n) is 7.07. The lowest BCUT2D eigenvalue weighted by molar-refractivity contribution is -0.384. The molecular formula is C23H21N3O3S. The number of non-ortho nitro benzene ring substituents is 1. The van der Waals surface area contributed by atoms with E-state index < -0.39 is 10.6 Å². The quantitative estimate of drug-likeness (QED) is 0.469. The van der Waals surface area contributed by atoms with Gasteiger partial charge in [0.05, 0.1) is 17.2 Å². The summed E-state index contributed by atoms with van der Waals surface area (Å²) in [6.07, 6.45) is 0. The first-order valence-corrected chi connectivity index (χ1v) is 10.5. The highest BCUT2D eigenvalue weighted by Crippen LogP contribution is 2.40. The number of nitrogens with zero attached hydrogens (tertiary/aromatic N) is 3. The summed E-state index contributed by atoms with van der Waals surface area (Å²) in [5.74, 6) is 0.394. The number of aliphatic imine (C=N–C) groups is 1. The van der Waals surface area contributed by atoms with Crippen LogP contribution in [0, 0.1) is 10.1 Å². The van der Waals surface area contributed by atoms with E-state index in [-0.39, 0.29) is 5.69 Å². The Hall–Kier alpha value is -3.16. The zero-order valence-electron chi connectivity index (χ0n) is 16.2. The molecule has 0 saturated carbocycles. The van der Waals surface area contributed by atoms with Crippen LogP contribution in [0.2, 0.25) is 0 Å². The van der Waals surface area contributed by atoms with E-state index in [4.69, 9.17) is 4.99 Å². The molecule has 0 bridgehead atoms. The van der Waals surface area contributed by atoms with Crippen LogP contribution in [0.1, 0.15) is 16.7 Å². The number of hydrogen-bond donors (Lipinski definition) is 1. The van der Waals surface area contributed by atoms with Crippen molar-refractivity contribution in [3.05, 3.63) is 112 Å². The van der Waals surface area contributed by atoms with Gasteiger partial charge in [-0.1, -0.05) is 72.4 Å². The van der Waals surface area contributed by atoms with E-state index in [1.807, 2.05) is 65.6 Å². The molecule has 3 aromatic rings. The highest BCUT2D eigenvalue weighted by atomic mass is 32.2. The lowest BCUT2D eigenvalue weighted by Gasteiger charge is -2.34. The number of nitro benzene ring substituents is 1. The topological polar surface area (TPSA) is 79.0 Å². The maximum atomic E-state index is 11.6. The van der Waals surface area contributed by atoms with Gasteiger partial charge in [-0.3, -0.25) is 15.1 Å². The molecule has 1 fully saturated rings. The van der Waals surface area contributed by atoms with E-state index in [1.54, 1.807) is 12.1 Å². The van der Waals surface area contributed by atoms with Crippen molar-refractivity contribution in [2.75, 3.05) is 5.75 Å². The van der Waals surface area contributed by atoms with Crippen LogP contribution >= 0.6 is 11.8 Å². The minimum atomic E-state index is -1.30. The molecule has 1 N–H and O–H groups in total. The Balaban J connectivity index is 1.67. The van der Waals surface area contributed by atoms with E-state index in [0.29, 0.717) is 24.4 Å². The summed E-state index contributed by atoms with van der Waals surface area (Å²) in [5, 5.41) is 23.4. The summed E-state index contributed by atoms with van der Waals surface area (Å²) in [6, 6.07) is 26.0. The molecule has 0 radical (unpaired) electrons. The van der Waals surface area contributed by atoms with Crippen LogP contribution in [-0.2, 0) is 18.8 Å². The fourth-order valence-corrected chi connectivity index (χ4v) is 4.59. The summed E-state index contributed by atoms with van der Waals surface area (Å²) in [4.78, 5) is 17.2. The van der Waals surface area contributed by atoms with Gasteiger partial charge in [-0.05, 0) is 23.3 Å². The predicted molar refractivity (Wildman–Crippen MR) is 119 cm³/mol. The van der Waals surface area contributed by atoms with Gasteiger partial charge in [0.1, 0.15) is 0 Å². The lowest BCUT2D eigenvalue weighted by Crippen LogP contribution is -2.44. The molecule has 0 spiro atoms. The molecule has 0 amide bonds. The fraction of sp³-hybridized carbons (Fsp3) is 0.174. The highest BCUT2D eigenvalue weighted by Gasteiger charge is 2.44. The minimum absolute atomic E-state index is 0.000535. The molecule has 6 nitrogen and oxygen atoms in total. The molecular weight excluding hydrogens is 398 g/mol. The standard InChI is InChI=1S/C23H21N3O3S/c27-23(20-11-13-21(14-12-20)26(28)29)17-30-22(24-15-18-7-3-1-4-8-18)25(23)16-19-9-5-2-6-10-19/h1-14,27H,15-17H2/t23-/m0/s1. The molecule has 1 aliphatic rings. The van der Waals surface area contributed by atoms with Crippen molar-refractivity contribution in [1.82, 2.24) is 4.90 Å². The molecule has 4 rings (SSSR count). The Labute approximate surface area is 179 Å². The molecule has 0 aliphatic carbocycles. The van der Waals surface area contributed by atoms with Crippen LogP contribution in [0.25, 0.3) is 0 Å². The van der Waals surface area contributed by atoms with Gasteiger partial charge in [-0.15, -0.1) is 0 Å². The van der Waals surface area contributed by atoms with Gasteiger partial charge in [-0.2, -0.15) is 0 Å². The van der Waals surface area contributed by atoms with E-state index in [1.165, 1.54) is 23.9 Å². The number of rotatable bonds is 6. The summed E-state index contributed by atoms with van der Waals surface area (Å²) >= 11 is 1.49. The van der Waals surface area contributed by atoms with E-state index in [2.05, 4.69) is 0 Å². The summed E-state index contributed by atoms with van der Waals surface area (Å²) in [5.41, 5.74) is 1.45. The van der Waals surface area contributed by atoms with Crippen LogP contribution in [-0.4, -0.2) is 25.9 Å². The van der Waals surface area contributed by atoms with Crippen LogP contribution < -0.4 is 0 Å². The van der Waals surface area contributed by atoms with Gasteiger partial charge >= 0.3 is 0 Å². The molecule has 0 aromatic heterocycles. The number of amidine groups is 1. The van der Waals surface area contributed by atoms with Gasteiger partial charge in [0, 0.05) is 24.2 Å². The summed E-state index contributed by atoms with van der Waals surface area (Å²) < 4.78 is 0. The third-order valence-corrected chi connectivity index (χ3v) is 6.20. The van der Waals surface area contributed by atoms with E-state index in [0.717, 1.165) is 16.3 Å². The van der Waals surface area contributed by atoms with Gasteiger partial charge < -0.3 is 10.0 Å². The van der Waals surface area contributed by atoms with E-state index >= 15 is 0 Å². The first kappa shape index (κ1) is 20.1. The summed E-state index contributed by atoms with van der Waals surface area (Å²) in [7, 11) is 0. The van der Waals surface area contributed by atoms with Crippen molar-refractivity contribution in [2.45, 2.75) is 18.8 Å². The largest absolute Gasteiger partial charge is 0.366 e. The monoisotopic (exact) mass is 419 g/mol. The first-order chi connectivity index (χ1) is 14.6. The Bertz CT molecular complexity index is 1040. The smallest absolute Gasteiger partial charge is 0.269 e. The first-order valence-electron chi connectivity index (χ1n) is 9.56. The molecule has 0 unspecified atom stereocenters. The molecule has 152 valence electrons. The second-order valence-corrected chi connectivity index (χ2v) is 8.01. The van der Waals surface area contributed by atoms with E-state index in [9.17, 15) is 15.2 Å². The average Bonchev–Trinajstić information content (AvgIpc) is 3.10. The Morgan fingerprint density at radius 1 is 0.967 bits per heavy atom. The van der Waals surface area contributed by atoms with Crippen LogP contribution in [0.5, 0.6) is 0 Å². The molecule has 1 heterocycles. The number of nitro groups is 1. The average molecular weight is 420 g/mol. The normalized spacial score (nSPS) is 19.9. The van der Waals surface area contributed by atoms with Crippen molar-refractivity contribution < 1.29 is 10.0 Å². The lowest BCUT2D eigenvalue weighted by atomic mass is 10.0. The SMILES string of the molecule is O=[N+]([O-])c1ccc([C@@]2(O)CSC(=NCc3ccccc3)N2Cc2ccccc2)cc1. The van der Waals surface area contributed by atoms with Gasteiger partial charge in [0.15, 0.2) is 10.9 Å². The van der Waals surface area contributed by atoms with Crippen molar-refractivity contribution in [3.8, 4) is 0 Å². The molecule has 1 aliphatic heterocycles. The van der Waals surface area contributed by atoms with Gasteiger partial charge in [0.2, 0.25) is 0 Å². The third kappa shape index (κ3) is 4.22. The Morgan fingerprint density at radius 2 is 1.57 bits per heavy atom. The van der Waals surface area contributed by atoms with Crippen molar-refractivity contribution in [2.24, 2.45) is 4.99 Å². The number of hydrogen-bond acceptors (Lipinski definition) is 5. The molecule has 30 heavy (non-hydrogen) atoms. The molecule has 1 atom stereocenters. The van der Waals surface area contributed by atoms with Crippen molar-refractivity contribution in [3.63, 3.8) is 0 Å². The number of aliphatic hydroxyl groups is 1. The highest BCUT2D eigenvalue weighted by molar-refractivity contribution is 8.14. The predicted octanol–water partition coefficient (Wildman–Crippen LogP) is 4.55. The number of thioether (sulfide) groups is 1. The number of benzene rings is 3. The third-order valence-electron chi connectivity index (χ3n) is 5.04. The van der Waals surface area contributed by atoms with Crippen LogP contribution in [0.3, 0.4) is 0 Å². The fourth-order valence-electron chi connectivity index (χ4n) is 3.41.